The molecule has 29 heavy (non-hydrogen) atoms. The summed E-state index contributed by atoms with van der Waals surface area (Å²) in [5, 5.41) is 21.1. The number of carbonyl (C=O) groups is 2. The van der Waals surface area contributed by atoms with Crippen molar-refractivity contribution in [1.82, 2.24) is 14.8 Å². The Balaban J connectivity index is 1.71. The van der Waals surface area contributed by atoms with Crippen LogP contribution >= 0.6 is 11.8 Å². The molecule has 0 unspecified atom stereocenters. The third-order valence-corrected chi connectivity index (χ3v) is 4.99. The largest absolute Gasteiger partial charge is 0.478 e. The molecule has 7 nitrogen and oxygen atoms in total. The lowest BCUT2D eigenvalue weighted by molar-refractivity contribution is -0.113. The Hall–Kier alpha value is -3.13. The minimum atomic E-state index is -1.04. The molecule has 150 valence electrons. The average Bonchev–Trinajstić information content (AvgIpc) is 3.09. The fourth-order valence-corrected chi connectivity index (χ4v) is 3.53. The molecule has 0 fully saturated rings. The minimum absolute atomic E-state index is 0.125. The van der Waals surface area contributed by atoms with Crippen LogP contribution in [0.1, 0.15) is 24.2 Å². The number of carbonyl (C=O) groups excluding carboxylic acids is 1. The fraction of sp³-hybridized carbons (Fsp3) is 0.238. The van der Waals surface area contributed by atoms with Gasteiger partial charge in [0.15, 0.2) is 11.0 Å². The zero-order valence-electron chi connectivity index (χ0n) is 16.2. The number of hydrogen-bond donors (Lipinski definition) is 2. The lowest BCUT2D eigenvalue weighted by atomic mass is 10.2. The molecular formula is C21H22N4O3S. The molecule has 0 aliphatic heterocycles. The van der Waals surface area contributed by atoms with Gasteiger partial charge in [-0.25, -0.2) is 4.79 Å². The molecule has 0 aliphatic rings. The van der Waals surface area contributed by atoms with Crippen LogP contribution in [-0.4, -0.2) is 37.5 Å². The monoisotopic (exact) mass is 410 g/mol. The van der Waals surface area contributed by atoms with Crippen molar-refractivity contribution in [3.8, 4) is 11.4 Å². The molecule has 0 saturated carbocycles. The Morgan fingerprint density at radius 3 is 2.55 bits per heavy atom. The number of nitrogens with one attached hydrogen (secondary N) is 1. The number of aromatic carboxylic acids is 1. The fourth-order valence-electron chi connectivity index (χ4n) is 2.78. The van der Waals surface area contributed by atoms with Gasteiger partial charge in [-0.2, -0.15) is 0 Å². The number of thioether (sulfide) groups is 1. The summed E-state index contributed by atoms with van der Waals surface area (Å²) in [6.07, 6.45) is 0. The van der Waals surface area contributed by atoms with E-state index >= 15 is 0 Å². The van der Waals surface area contributed by atoms with Gasteiger partial charge in [-0.15, -0.1) is 10.2 Å². The maximum absolute atomic E-state index is 12.3. The third-order valence-electron chi connectivity index (χ3n) is 4.02. The molecule has 0 spiro atoms. The first kappa shape index (κ1) is 20.6. The van der Waals surface area contributed by atoms with E-state index in [1.165, 1.54) is 23.9 Å². The van der Waals surface area contributed by atoms with Crippen molar-refractivity contribution in [2.75, 3.05) is 11.1 Å². The van der Waals surface area contributed by atoms with Crippen LogP contribution in [0.25, 0.3) is 11.4 Å². The van der Waals surface area contributed by atoms with Crippen LogP contribution in [-0.2, 0) is 11.3 Å². The maximum Gasteiger partial charge on any atom is 0.335 e. The Bertz CT molecular complexity index is 1000. The number of carboxylic acids is 1. The van der Waals surface area contributed by atoms with Crippen LogP contribution in [0.4, 0.5) is 5.69 Å². The van der Waals surface area contributed by atoms with Crippen molar-refractivity contribution in [2.24, 2.45) is 5.92 Å². The molecule has 3 rings (SSSR count). The van der Waals surface area contributed by atoms with Crippen molar-refractivity contribution in [1.29, 1.82) is 0 Å². The quantitative estimate of drug-likeness (QED) is 0.544. The Kier molecular flexibility index (Phi) is 6.66. The molecule has 2 N–H and O–H groups in total. The predicted molar refractivity (Wildman–Crippen MR) is 113 cm³/mol. The van der Waals surface area contributed by atoms with E-state index < -0.39 is 5.97 Å². The number of benzene rings is 2. The number of aromatic nitrogens is 3. The van der Waals surface area contributed by atoms with E-state index in [9.17, 15) is 9.59 Å². The Morgan fingerprint density at radius 2 is 1.86 bits per heavy atom. The molecular weight excluding hydrogens is 388 g/mol. The summed E-state index contributed by atoms with van der Waals surface area (Å²) in [7, 11) is 0. The smallest absolute Gasteiger partial charge is 0.335 e. The number of carboxylic acid groups (broad SMARTS) is 1. The van der Waals surface area contributed by atoms with Crippen molar-refractivity contribution in [3.63, 3.8) is 0 Å². The van der Waals surface area contributed by atoms with E-state index in [-0.39, 0.29) is 17.2 Å². The zero-order valence-corrected chi connectivity index (χ0v) is 17.0. The highest BCUT2D eigenvalue weighted by molar-refractivity contribution is 7.99. The maximum atomic E-state index is 12.3. The second kappa shape index (κ2) is 9.38. The number of rotatable bonds is 8. The number of anilines is 1. The van der Waals surface area contributed by atoms with Gasteiger partial charge in [-0.3, -0.25) is 4.79 Å². The van der Waals surface area contributed by atoms with Gasteiger partial charge in [0.05, 0.1) is 11.3 Å². The van der Waals surface area contributed by atoms with Crippen LogP contribution in [0.15, 0.2) is 59.8 Å². The van der Waals surface area contributed by atoms with Crippen molar-refractivity contribution in [2.45, 2.75) is 25.5 Å². The summed E-state index contributed by atoms with van der Waals surface area (Å²) in [5.41, 5.74) is 1.55. The van der Waals surface area contributed by atoms with Crippen LogP contribution in [0, 0.1) is 5.92 Å². The average molecular weight is 410 g/mol. The number of amides is 1. The van der Waals surface area contributed by atoms with E-state index in [0.29, 0.717) is 16.8 Å². The number of nitrogens with zero attached hydrogens (tertiary/aromatic N) is 3. The molecule has 1 aromatic heterocycles. The van der Waals surface area contributed by atoms with Crippen LogP contribution in [0.2, 0.25) is 0 Å². The zero-order chi connectivity index (χ0) is 20.8. The van der Waals surface area contributed by atoms with Crippen molar-refractivity contribution in [3.05, 3.63) is 60.2 Å². The van der Waals surface area contributed by atoms with E-state index in [1.807, 2.05) is 34.9 Å². The topological polar surface area (TPSA) is 97.1 Å². The van der Waals surface area contributed by atoms with E-state index in [4.69, 9.17) is 5.11 Å². The van der Waals surface area contributed by atoms with Gasteiger partial charge in [-0.1, -0.05) is 62.0 Å². The highest BCUT2D eigenvalue weighted by atomic mass is 32.2. The Morgan fingerprint density at radius 1 is 1.10 bits per heavy atom. The van der Waals surface area contributed by atoms with Gasteiger partial charge >= 0.3 is 5.97 Å². The molecule has 2 aromatic carbocycles. The molecule has 0 radical (unpaired) electrons. The third kappa shape index (κ3) is 5.45. The SMILES string of the molecule is CC(C)Cn1c(SCC(=O)Nc2cccc(C(=O)O)c2)nnc1-c1ccccc1. The number of hydrogen-bond acceptors (Lipinski definition) is 5. The molecule has 8 heteroatoms. The molecule has 1 heterocycles. The first-order valence-electron chi connectivity index (χ1n) is 9.18. The molecule has 0 atom stereocenters. The van der Waals surface area contributed by atoms with E-state index in [1.54, 1.807) is 12.1 Å². The highest BCUT2D eigenvalue weighted by Crippen LogP contribution is 2.25. The van der Waals surface area contributed by atoms with E-state index in [2.05, 4.69) is 29.4 Å². The van der Waals surface area contributed by atoms with Gasteiger partial charge in [0.1, 0.15) is 0 Å². The molecule has 3 aromatic rings. The molecule has 0 bridgehead atoms. The summed E-state index contributed by atoms with van der Waals surface area (Å²) < 4.78 is 2.03. The van der Waals surface area contributed by atoms with Gasteiger partial charge < -0.3 is 15.0 Å². The summed E-state index contributed by atoms with van der Waals surface area (Å²) in [6.45, 7) is 4.97. The van der Waals surface area contributed by atoms with E-state index in [0.717, 1.165) is 17.9 Å². The summed E-state index contributed by atoms with van der Waals surface area (Å²) >= 11 is 1.30. The molecule has 1 amide bonds. The summed E-state index contributed by atoms with van der Waals surface area (Å²) in [4.78, 5) is 23.4. The second-order valence-corrected chi connectivity index (χ2v) is 7.84. The lowest BCUT2D eigenvalue weighted by Crippen LogP contribution is -2.15. The molecule has 0 aliphatic carbocycles. The van der Waals surface area contributed by atoms with Gasteiger partial charge in [0.25, 0.3) is 0 Å². The van der Waals surface area contributed by atoms with Crippen LogP contribution in [0.5, 0.6) is 0 Å². The van der Waals surface area contributed by atoms with Gasteiger partial charge in [0.2, 0.25) is 5.91 Å². The normalized spacial score (nSPS) is 10.9. The van der Waals surface area contributed by atoms with Crippen LogP contribution < -0.4 is 5.32 Å². The second-order valence-electron chi connectivity index (χ2n) is 6.90. The van der Waals surface area contributed by atoms with Gasteiger partial charge in [-0.05, 0) is 24.1 Å². The lowest BCUT2D eigenvalue weighted by Gasteiger charge is -2.12. The van der Waals surface area contributed by atoms with Crippen LogP contribution in [0.3, 0.4) is 0 Å². The molecule has 0 saturated heterocycles. The summed E-state index contributed by atoms with van der Waals surface area (Å²) in [5.74, 6) is 0.0304. The van der Waals surface area contributed by atoms with Crippen molar-refractivity contribution < 1.29 is 14.7 Å². The standard InChI is InChI=1S/C21H22N4O3S/c1-14(2)12-25-19(15-7-4-3-5-8-15)23-24-21(25)29-13-18(26)22-17-10-6-9-16(11-17)20(27)28/h3-11,14H,12-13H2,1-2H3,(H,22,26)(H,27,28). The van der Waals surface area contributed by atoms with Gasteiger partial charge in [0, 0.05) is 17.8 Å². The highest BCUT2D eigenvalue weighted by Gasteiger charge is 2.16. The first-order valence-corrected chi connectivity index (χ1v) is 10.2. The Labute approximate surface area is 173 Å². The first-order chi connectivity index (χ1) is 13.9. The minimum Gasteiger partial charge on any atom is -0.478 e. The summed E-state index contributed by atoms with van der Waals surface area (Å²) in [6, 6.07) is 16.0. The van der Waals surface area contributed by atoms with Crippen molar-refractivity contribution >= 4 is 29.3 Å². The predicted octanol–water partition coefficient (Wildman–Crippen LogP) is 4.03.